The highest BCUT2D eigenvalue weighted by atomic mass is 79.9. The van der Waals surface area contributed by atoms with Gasteiger partial charge in [0, 0.05) is 19.7 Å². The van der Waals surface area contributed by atoms with Crippen molar-refractivity contribution in [3.05, 3.63) is 49.7 Å². The zero-order valence-corrected chi connectivity index (χ0v) is 17.5. The molecule has 1 aromatic carbocycles. The van der Waals surface area contributed by atoms with E-state index >= 15 is 0 Å². The van der Waals surface area contributed by atoms with Crippen LogP contribution in [0.3, 0.4) is 0 Å². The number of halogens is 1. The molecule has 8 heteroatoms. The molecule has 144 valence electrons. The van der Waals surface area contributed by atoms with Crippen molar-refractivity contribution in [2.75, 3.05) is 20.7 Å². The lowest BCUT2D eigenvalue weighted by Crippen LogP contribution is -2.24. The maximum atomic E-state index is 13.0. The van der Waals surface area contributed by atoms with E-state index in [1.54, 1.807) is 45.0 Å². The number of esters is 1. The lowest BCUT2D eigenvalue weighted by molar-refractivity contribution is 0.0526. The molecule has 0 aliphatic rings. The van der Waals surface area contributed by atoms with Crippen molar-refractivity contribution >= 4 is 34.1 Å². The zero-order chi connectivity index (χ0) is 20.3. The van der Waals surface area contributed by atoms with Crippen molar-refractivity contribution in [2.45, 2.75) is 20.8 Å². The van der Waals surface area contributed by atoms with Crippen molar-refractivity contribution in [3.8, 4) is 11.4 Å². The number of pyridine rings is 1. The van der Waals surface area contributed by atoms with Gasteiger partial charge in [-0.2, -0.15) is 0 Å². The van der Waals surface area contributed by atoms with Crippen LogP contribution >= 0.6 is 15.9 Å². The SMILES string of the molecule is CCOC(=O)c1cc(Br)c(=O)n(-c2c(C)ccc(O)c2C)c1/N=C/N(C)C. The second-order valence-electron chi connectivity index (χ2n) is 6.17. The Balaban J connectivity index is 2.97. The molecular weight excluding hydrogens is 414 g/mol. The van der Waals surface area contributed by atoms with E-state index in [2.05, 4.69) is 20.9 Å². The highest BCUT2D eigenvalue weighted by Gasteiger charge is 2.23. The van der Waals surface area contributed by atoms with Crippen molar-refractivity contribution in [3.63, 3.8) is 0 Å². The van der Waals surface area contributed by atoms with Gasteiger partial charge in [-0.25, -0.2) is 9.79 Å². The number of phenols is 1. The Labute approximate surface area is 166 Å². The summed E-state index contributed by atoms with van der Waals surface area (Å²) in [5.41, 5.74) is 1.47. The smallest absolute Gasteiger partial charge is 0.341 e. The zero-order valence-electron chi connectivity index (χ0n) is 15.9. The van der Waals surface area contributed by atoms with Crippen LogP contribution < -0.4 is 5.56 Å². The first-order valence-electron chi connectivity index (χ1n) is 8.31. The van der Waals surface area contributed by atoms with Crippen molar-refractivity contribution < 1.29 is 14.6 Å². The van der Waals surface area contributed by atoms with Crippen LogP contribution in [0.5, 0.6) is 5.75 Å². The summed E-state index contributed by atoms with van der Waals surface area (Å²) in [7, 11) is 3.55. The number of carbonyl (C=O) groups excluding carboxylic acids is 1. The van der Waals surface area contributed by atoms with Crippen LogP contribution in [0, 0.1) is 13.8 Å². The monoisotopic (exact) mass is 435 g/mol. The molecule has 2 aromatic rings. The summed E-state index contributed by atoms with van der Waals surface area (Å²) in [5, 5.41) is 10.2. The summed E-state index contributed by atoms with van der Waals surface area (Å²) < 4.78 is 6.64. The third-order valence-corrected chi connectivity index (χ3v) is 4.43. The van der Waals surface area contributed by atoms with E-state index in [0.29, 0.717) is 11.3 Å². The van der Waals surface area contributed by atoms with Crippen molar-refractivity contribution in [2.24, 2.45) is 4.99 Å². The maximum absolute atomic E-state index is 13.0. The Kier molecular flexibility index (Phi) is 6.43. The van der Waals surface area contributed by atoms with Gasteiger partial charge >= 0.3 is 5.97 Å². The van der Waals surface area contributed by atoms with Crippen LogP contribution in [0.4, 0.5) is 5.82 Å². The predicted molar refractivity (Wildman–Crippen MR) is 109 cm³/mol. The summed E-state index contributed by atoms with van der Waals surface area (Å²) in [6.45, 7) is 5.42. The molecule has 2 rings (SSSR count). The number of benzene rings is 1. The molecule has 27 heavy (non-hydrogen) atoms. The first-order chi connectivity index (χ1) is 12.7. The lowest BCUT2D eigenvalue weighted by atomic mass is 10.1. The van der Waals surface area contributed by atoms with Crippen LogP contribution in [0.25, 0.3) is 5.69 Å². The molecule has 1 heterocycles. The molecule has 0 atom stereocenters. The molecule has 0 spiro atoms. The van der Waals surface area contributed by atoms with E-state index < -0.39 is 11.5 Å². The molecule has 0 aliphatic carbocycles. The van der Waals surface area contributed by atoms with Crippen LogP contribution in [0.15, 0.2) is 32.5 Å². The Morgan fingerprint density at radius 1 is 1.37 bits per heavy atom. The number of aromatic hydroxyl groups is 1. The Bertz CT molecular complexity index is 964. The number of aryl methyl sites for hydroxylation is 1. The van der Waals surface area contributed by atoms with Crippen LogP contribution in [-0.4, -0.2) is 47.6 Å². The second kappa shape index (κ2) is 8.39. The molecule has 0 bridgehead atoms. The molecule has 1 N–H and O–H groups in total. The quantitative estimate of drug-likeness (QED) is 0.442. The number of hydrogen-bond acceptors (Lipinski definition) is 5. The van der Waals surface area contributed by atoms with Gasteiger partial charge < -0.3 is 14.7 Å². The van der Waals surface area contributed by atoms with Gasteiger partial charge in [-0.05, 0) is 54.4 Å². The van der Waals surface area contributed by atoms with Crippen molar-refractivity contribution in [1.82, 2.24) is 9.47 Å². The predicted octanol–water partition coefficient (Wildman–Crippen LogP) is 3.32. The highest BCUT2D eigenvalue weighted by Crippen LogP contribution is 2.31. The van der Waals surface area contributed by atoms with Crippen LogP contribution in [0.2, 0.25) is 0 Å². The first kappa shape index (κ1) is 20.7. The number of aromatic nitrogens is 1. The average Bonchev–Trinajstić information content (AvgIpc) is 2.60. The molecule has 0 fully saturated rings. The lowest BCUT2D eigenvalue weighted by Gasteiger charge is -2.19. The van der Waals surface area contributed by atoms with Gasteiger partial charge in [0.05, 0.1) is 23.1 Å². The first-order valence-corrected chi connectivity index (χ1v) is 9.11. The van der Waals surface area contributed by atoms with Gasteiger partial charge in [-0.15, -0.1) is 0 Å². The molecule has 0 unspecified atom stereocenters. The number of aliphatic imine (C=N–C) groups is 1. The molecule has 0 radical (unpaired) electrons. The molecule has 0 saturated heterocycles. The molecule has 1 aromatic heterocycles. The number of phenolic OH excluding ortho intramolecular Hbond substituents is 1. The largest absolute Gasteiger partial charge is 0.508 e. The Hall–Kier alpha value is -2.61. The van der Waals surface area contributed by atoms with Crippen LogP contribution in [0.1, 0.15) is 28.4 Å². The standard InChI is InChI=1S/C19H22BrN3O4/c1-6-27-19(26)13-9-14(20)18(25)23(17(13)21-10-22(4)5)16-11(2)7-8-15(24)12(16)3/h7-10,24H,6H2,1-5H3/b21-10+. The Morgan fingerprint density at radius 2 is 2.04 bits per heavy atom. The van der Waals surface area contributed by atoms with E-state index in [9.17, 15) is 14.7 Å². The molecule has 0 aliphatic heterocycles. The summed E-state index contributed by atoms with van der Waals surface area (Å²) in [4.78, 5) is 31.5. The summed E-state index contributed by atoms with van der Waals surface area (Å²) in [5.74, 6) is -0.414. The minimum atomic E-state index is -0.590. The number of rotatable bonds is 5. The normalized spacial score (nSPS) is 11.0. The fourth-order valence-electron chi connectivity index (χ4n) is 2.61. The Morgan fingerprint density at radius 3 is 2.63 bits per heavy atom. The van der Waals surface area contributed by atoms with Gasteiger partial charge in [-0.3, -0.25) is 9.36 Å². The van der Waals surface area contributed by atoms with E-state index in [-0.39, 0.29) is 28.2 Å². The van der Waals surface area contributed by atoms with Crippen molar-refractivity contribution in [1.29, 1.82) is 0 Å². The minimum absolute atomic E-state index is 0.0442. The number of carbonyl (C=O) groups is 1. The average molecular weight is 436 g/mol. The van der Waals surface area contributed by atoms with Crippen LogP contribution in [-0.2, 0) is 4.74 Å². The topological polar surface area (TPSA) is 84.1 Å². The number of hydrogen-bond donors (Lipinski definition) is 1. The fraction of sp³-hybridized carbons (Fsp3) is 0.316. The van der Waals surface area contributed by atoms with E-state index in [0.717, 1.165) is 5.56 Å². The fourth-order valence-corrected chi connectivity index (χ4v) is 3.02. The highest BCUT2D eigenvalue weighted by molar-refractivity contribution is 9.10. The van der Waals surface area contributed by atoms with Gasteiger partial charge in [0.2, 0.25) is 0 Å². The molecule has 0 saturated carbocycles. The van der Waals surface area contributed by atoms with E-state index in [1.807, 2.05) is 6.92 Å². The van der Waals surface area contributed by atoms with E-state index in [1.165, 1.54) is 17.0 Å². The maximum Gasteiger partial charge on any atom is 0.341 e. The number of nitrogens with zero attached hydrogens (tertiary/aromatic N) is 3. The van der Waals surface area contributed by atoms with Gasteiger partial charge in [0.25, 0.3) is 5.56 Å². The van der Waals surface area contributed by atoms with E-state index in [4.69, 9.17) is 4.74 Å². The summed E-state index contributed by atoms with van der Waals surface area (Å²) >= 11 is 3.23. The summed E-state index contributed by atoms with van der Waals surface area (Å²) in [6.07, 6.45) is 1.50. The molecule has 0 amide bonds. The molecular formula is C19H22BrN3O4. The third-order valence-electron chi connectivity index (χ3n) is 3.87. The number of ether oxygens (including phenoxy) is 1. The molecule has 7 nitrogen and oxygen atoms in total. The van der Waals surface area contributed by atoms with Gasteiger partial charge in [-0.1, -0.05) is 6.07 Å². The van der Waals surface area contributed by atoms with Gasteiger partial charge in [0.1, 0.15) is 11.3 Å². The van der Waals surface area contributed by atoms with Gasteiger partial charge in [0.15, 0.2) is 5.82 Å². The second-order valence-corrected chi connectivity index (χ2v) is 7.03. The minimum Gasteiger partial charge on any atom is -0.508 e. The summed E-state index contributed by atoms with van der Waals surface area (Å²) in [6, 6.07) is 4.67. The third kappa shape index (κ3) is 4.21.